The zero-order chi connectivity index (χ0) is 21.6. The van der Waals surface area contributed by atoms with Gasteiger partial charge in [-0.2, -0.15) is 13.2 Å². The van der Waals surface area contributed by atoms with Gasteiger partial charge in [0, 0.05) is 27.2 Å². The summed E-state index contributed by atoms with van der Waals surface area (Å²) in [4.78, 5) is 25.1. The third kappa shape index (κ3) is 7.01. The number of benzene rings is 1. The second kappa shape index (κ2) is 10.1. The van der Waals surface area contributed by atoms with Crippen molar-refractivity contribution in [2.75, 3.05) is 33.7 Å². The van der Waals surface area contributed by atoms with Gasteiger partial charge in [0.2, 0.25) is 0 Å². The zero-order valence-corrected chi connectivity index (χ0v) is 16.6. The first-order chi connectivity index (χ1) is 13.6. The molecule has 2 heterocycles. The maximum Gasteiger partial charge on any atom is 0.490 e. The van der Waals surface area contributed by atoms with E-state index in [-0.39, 0.29) is 18.1 Å². The summed E-state index contributed by atoms with van der Waals surface area (Å²) >= 11 is 0. The number of piperidine rings is 1. The van der Waals surface area contributed by atoms with Crippen LogP contribution in [0.5, 0.6) is 0 Å². The summed E-state index contributed by atoms with van der Waals surface area (Å²) in [6.07, 6.45) is -1.94. The highest BCUT2D eigenvalue weighted by molar-refractivity contribution is 5.80. The average Bonchev–Trinajstić information content (AvgIpc) is 3.09. The fraction of sp³-hybridized carbons (Fsp3) is 0.600. The van der Waals surface area contributed by atoms with Crippen LogP contribution in [0.2, 0.25) is 0 Å². The molecule has 2 aliphatic heterocycles. The van der Waals surface area contributed by atoms with E-state index in [1.54, 1.807) is 19.0 Å². The van der Waals surface area contributed by atoms with E-state index in [1.807, 2.05) is 0 Å². The summed E-state index contributed by atoms with van der Waals surface area (Å²) in [6.45, 7) is 3.16. The van der Waals surface area contributed by atoms with Gasteiger partial charge in [0.1, 0.15) is 6.10 Å². The summed E-state index contributed by atoms with van der Waals surface area (Å²) in [5.74, 6) is -2.08. The lowest BCUT2D eigenvalue weighted by atomic mass is 9.91. The minimum Gasteiger partial charge on any atom is -0.475 e. The Balaban J connectivity index is 0.000000370. The Morgan fingerprint density at radius 3 is 2.41 bits per heavy atom. The Hall–Kier alpha value is -2.13. The first kappa shape index (κ1) is 23.2. The molecular weight excluding hydrogens is 389 g/mol. The molecule has 162 valence electrons. The Kier molecular flexibility index (Phi) is 8.04. The minimum absolute atomic E-state index is 0.116. The molecule has 9 heteroatoms. The minimum atomic E-state index is -5.08. The van der Waals surface area contributed by atoms with Gasteiger partial charge in [0.25, 0.3) is 5.91 Å². The molecule has 2 saturated heterocycles. The van der Waals surface area contributed by atoms with Gasteiger partial charge in [0.05, 0.1) is 6.10 Å². The number of carbonyl (C=O) groups excluding carboxylic acids is 1. The number of halogens is 3. The van der Waals surface area contributed by atoms with Gasteiger partial charge in [0.15, 0.2) is 0 Å². The summed E-state index contributed by atoms with van der Waals surface area (Å²) < 4.78 is 37.8. The molecule has 0 aromatic heterocycles. The first-order valence-corrected chi connectivity index (χ1v) is 9.51. The fourth-order valence-corrected chi connectivity index (χ4v) is 3.58. The second-order valence-electron chi connectivity index (χ2n) is 7.52. The number of carbonyl (C=O) groups is 2. The predicted molar refractivity (Wildman–Crippen MR) is 100 cm³/mol. The molecule has 1 amide bonds. The molecule has 2 aliphatic rings. The molecule has 0 unspecified atom stereocenters. The molecule has 0 radical (unpaired) electrons. The lowest BCUT2D eigenvalue weighted by Crippen LogP contribution is -2.43. The van der Waals surface area contributed by atoms with E-state index in [0.29, 0.717) is 5.92 Å². The molecule has 0 spiro atoms. The lowest BCUT2D eigenvalue weighted by Gasteiger charge is -2.34. The molecule has 3 rings (SSSR count). The molecular formula is C20H27F3N2O4. The Bertz CT molecular complexity index is 682. The number of rotatable bonds is 4. The van der Waals surface area contributed by atoms with Crippen molar-refractivity contribution in [1.82, 2.24) is 9.80 Å². The van der Waals surface area contributed by atoms with Gasteiger partial charge < -0.3 is 19.6 Å². The quantitative estimate of drug-likeness (QED) is 0.817. The largest absolute Gasteiger partial charge is 0.490 e. The van der Waals surface area contributed by atoms with E-state index in [1.165, 1.54) is 5.56 Å². The molecule has 29 heavy (non-hydrogen) atoms. The highest BCUT2D eigenvalue weighted by Crippen LogP contribution is 2.33. The Morgan fingerprint density at radius 1 is 1.24 bits per heavy atom. The van der Waals surface area contributed by atoms with E-state index in [0.717, 1.165) is 38.9 Å². The number of fused-ring (bicyclic) bond motifs is 1. The van der Waals surface area contributed by atoms with Crippen LogP contribution in [-0.4, -0.2) is 78.9 Å². The predicted octanol–water partition coefficient (Wildman–Crippen LogP) is 2.43. The highest BCUT2D eigenvalue weighted by atomic mass is 19.4. The number of hydrogen-bond acceptors (Lipinski definition) is 4. The van der Waals surface area contributed by atoms with Crippen LogP contribution in [-0.2, 0) is 20.7 Å². The SMILES string of the molecule is CN(C)C(=O)[C@H]1C[C@@H]2CCN(CCc3ccccc3)C[C@H]2O1.O=C(O)C(F)(F)F. The van der Waals surface area contributed by atoms with E-state index < -0.39 is 12.1 Å². The van der Waals surface area contributed by atoms with Crippen molar-refractivity contribution in [3.8, 4) is 0 Å². The van der Waals surface area contributed by atoms with Crippen LogP contribution in [0.4, 0.5) is 13.2 Å². The second-order valence-corrected chi connectivity index (χ2v) is 7.52. The van der Waals surface area contributed by atoms with Crippen molar-refractivity contribution in [2.45, 2.75) is 37.6 Å². The Labute approximate surface area is 168 Å². The van der Waals surface area contributed by atoms with Gasteiger partial charge in [-0.05, 0) is 37.3 Å². The molecule has 1 N–H and O–H groups in total. The highest BCUT2D eigenvalue weighted by Gasteiger charge is 2.42. The van der Waals surface area contributed by atoms with Crippen molar-refractivity contribution >= 4 is 11.9 Å². The van der Waals surface area contributed by atoms with Crippen molar-refractivity contribution in [2.24, 2.45) is 5.92 Å². The molecule has 2 fully saturated rings. The van der Waals surface area contributed by atoms with Gasteiger partial charge in [-0.3, -0.25) is 4.79 Å². The number of likely N-dealkylation sites (N-methyl/N-ethyl adjacent to an activating group) is 1. The van der Waals surface area contributed by atoms with Gasteiger partial charge in [-0.15, -0.1) is 0 Å². The topological polar surface area (TPSA) is 70.1 Å². The summed E-state index contributed by atoms with van der Waals surface area (Å²) in [5.41, 5.74) is 1.39. The third-order valence-corrected chi connectivity index (χ3v) is 5.15. The number of hydrogen-bond donors (Lipinski definition) is 1. The summed E-state index contributed by atoms with van der Waals surface area (Å²) in [5, 5.41) is 7.12. The van der Waals surface area contributed by atoms with Gasteiger partial charge in [-0.25, -0.2) is 4.79 Å². The number of alkyl halides is 3. The van der Waals surface area contributed by atoms with Crippen molar-refractivity contribution in [1.29, 1.82) is 0 Å². The van der Waals surface area contributed by atoms with Crippen molar-refractivity contribution in [3.63, 3.8) is 0 Å². The molecule has 3 atom stereocenters. The summed E-state index contributed by atoms with van der Waals surface area (Å²) in [7, 11) is 3.61. The van der Waals surface area contributed by atoms with Crippen molar-refractivity contribution < 1.29 is 32.6 Å². The number of amides is 1. The molecule has 0 bridgehead atoms. The smallest absolute Gasteiger partial charge is 0.475 e. The van der Waals surface area contributed by atoms with Gasteiger partial charge >= 0.3 is 12.1 Å². The van der Waals surface area contributed by atoms with Crippen LogP contribution in [0.1, 0.15) is 18.4 Å². The molecule has 0 saturated carbocycles. The summed E-state index contributed by atoms with van der Waals surface area (Å²) in [6, 6.07) is 10.6. The van der Waals surface area contributed by atoms with Crippen molar-refractivity contribution in [3.05, 3.63) is 35.9 Å². The molecule has 1 aromatic carbocycles. The lowest BCUT2D eigenvalue weighted by molar-refractivity contribution is -0.192. The molecule has 6 nitrogen and oxygen atoms in total. The number of carboxylic acid groups (broad SMARTS) is 1. The number of ether oxygens (including phenoxy) is 1. The maximum absolute atomic E-state index is 12.1. The average molecular weight is 416 g/mol. The van der Waals surface area contributed by atoms with Crippen LogP contribution in [0.3, 0.4) is 0 Å². The van der Waals surface area contributed by atoms with Crippen LogP contribution in [0, 0.1) is 5.92 Å². The Morgan fingerprint density at radius 2 is 1.86 bits per heavy atom. The first-order valence-electron chi connectivity index (χ1n) is 9.51. The number of likely N-dealkylation sites (tertiary alicyclic amines) is 1. The third-order valence-electron chi connectivity index (χ3n) is 5.15. The monoisotopic (exact) mass is 416 g/mol. The van der Waals surface area contributed by atoms with E-state index in [9.17, 15) is 18.0 Å². The normalized spacial score (nSPS) is 24.2. The number of carboxylic acids is 1. The van der Waals surface area contributed by atoms with Crippen LogP contribution >= 0.6 is 0 Å². The van der Waals surface area contributed by atoms with E-state index >= 15 is 0 Å². The number of nitrogens with zero attached hydrogens (tertiary/aromatic N) is 2. The molecule has 0 aliphatic carbocycles. The van der Waals surface area contributed by atoms with Crippen LogP contribution in [0.25, 0.3) is 0 Å². The maximum atomic E-state index is 12.1. The van der Waals surface area contributed by atoms with Crippen LogP contribution < -0.4 is 0 Å². The van der Waals surface area contributed by atoms with E-state index in [2.05, 4.69) is 35.2 Å². The fourth-order valence-electron chi connectivity index (χ4n) is 3.58. The number of aliphatic carboxylic acids is 1. The van der Waals surface area contributed by atoms with E-state index in [4.69, 9.17) is 14.6 Å². The van der Waals surface area contributed by atoms with Crippen LogP contribution in [0.15, 0.2) is 30.3 Å². The standard InChI is InChI=1S/C18H26N2O2.C2HF3O2/c1-19(2)18(21)16-12-15-9-11-20(13-17(15)22-16)10-8-14-6-4-3-5-7-14;3-2(4,5)1(6)7/h3-7,15-17H,8-13H2,1-2H3;(H,6,7)/t15-,16+,17+;/m0./s1. The molecule has 1 aromatic rings. The van der Waals surface area contributed by atoms with Gasteiger partial charge in [-0.1, -0.05) is 30.3 Å². The zero-order valence-electron chi connectivity index (χ0n) is 16.6.